The lowest BCUT2D eigenvalue weighted by atomic mass is 10.4. The Bertz CT molecular complexity index is 504. The number of nitrogens with zero attached hydrogens (tertiary/aromatic N) is 1. The van der Waals surface area contributed by atoms with Crippen LogP contribution in [0.4, 0.5) is 0 Å². The van der Waals surface area contributed by atoms with Crippen molar-refractivity contribution >= 4 is 39.8 Å². The van der Waals surface area contributed by atoms with E-state index in [1.807, 2.05) is 0 Å². The minimum Gasteiger partial charge on any atom is -0.356 e. The fraction of sp³-hybridized carbons (Fsp3) is 0.462. The Kier molecular flexibility index (Phi) is 9.56. The predicted molar refractivity (Wildman–Crippen MR) is 93.6 cm³/mol. The lowest BCUT2D eigenvalue weighted by molar-refractivity contribution is 0.594. The molecule has 1 aromatic carbocycles. The number of rotatable bonds is 6. The molecule has 0 heterocycles. The number of benzene rings is 1. The highest BCUT2D eigenvalue weighted by molar-refractivity contribution is 14.0. The number of sulfone groups is 1. The van der Waals surface area contributed by atoms with E-state index in [0.29, 0.717) is 17.4 Å². The van der Waals surface area contributed by atoms with Crippen LogP contribution in [0.3, 0.4) is 0 Å². The smallest absolute Gasteiger partial charge is 0.191 e. The summed E-state index contributed by atoms with van der Waals surface area (Å²) in [5.41, 5.74) is 0. The van der Waals surface area contributed by atoms with Gasteiger partial charge in [-0.25, -0.2) is 8.42 Å². The van der Waals surface area contributed by atoms with E-state index in [1.165, 1.54) is 0 Å². The van der Waals surface area contributed by atoms with Gasteiger partial charge in [0, 0.05) is 20.1 Å². The fourth-order valence-electron chi connectivity index (χ4n) is 1.51. The summed E-state index contributed by atoms with van der Waals surface area (Å²) in [5.74, 6) is 0.675. The van der Waals surface area contributed by atoms with E-state index >= 15 is 0 Å². The number of hydrogen-bond acceptors (Lipinski definition) is 3. The van der Waals surface area contributed by atoms with E-state index in [2.05, 4.69) is 22.5 Å². The maximum atomic E-state index is 12.0. The molecule has 114 valence electrons. The zero-order chi connectivity index (χ0) is 14.1. The van der Waals surface area contributed by atoms with Gasteiger partial charge in [0.25, 0.3) is 0 Å². The summed E-state index contributed by atoms with van der Waals surface area (Å²) in [4.78, 5) is 4.37. The molecule has 0 aliphatic rings. The Morgan fingerprint density at radius 1 is 1.15 bits per heavy atom. The molecule has 0 saturated heterocycles. The van der Waals surface area contributed by atoms with Crippen LogP contribution in [0.5, 0.6) is 0 Å². The van der Waals surface area contributed by atoms with Crippen LogP contribution in [-0.4, -0.2) is 40.3 Å². The molecule has 20 heavy (non-hydrogen) atoms. The molecule has 5 nitrogen and oxygen atoms in total. The maximum absolute atomic E-state index is 12.0. The van der Waals surface area contributed by atoms with E-state index in [1.54, 1.807) is 37.4 Å². The van der Waals surface area contributed by atoms with E-state index in [-0.39, 0.29) is 29.7 Å². The molecule has 0 fully saturated rings. The molecule has 0 spiro atoms. The second kappa shape index (κ2) is 9.98. The highest BCUT2D eigenvalue weighted by Crippen LogP contribution is 2.08. The van der Waals surface area contributed by atoms with Gasteiger partial charge in [-0.15, -0.1) is 24.0 Å². The largest absolute Gasteiger partial charge is 0.356 e. The number of aliphatic imine (C=N–C) groups is 1. The van der Waals surface area contributed by atoms with Crippen LogP contribution in [0.1, 0.15) is 13.3 Å². The van der Waals surface area contributed by atoms with Gasteiger partial charge in [0.2, 0.25) is 0 Å². The second-order valence-corrected chi connectivity index (χ2v) is 6.17. The first-order valence-electron chi connectivity index (χ1n) is 6.32. The summed E-state index contributed by atoms with van der Waals surface area (Å²) in [5, 5.41) is 6.08. The summed E-state index contributed by atoms with van der Waals surface area (Å²) < 4.78 is 24.0. The summed E-state index contributed by atoms with van der Waals surface area (Å²) in [7, 11) is -1.57. The summed E-state index contributed by atoms with van der Waals surface area (Å²) >= 11 is 0. The topological polar surface area (TPSA) is 70.6 Å². The lowest BCUT2D eigenvalue weighted by Gasteiger charge is -2.11. The highest BCUT2D eigenvalue weighted by atomic mass is 127. The van der Waals surface area contributed by atoms with Crippen LogP contribution < -0.4 is 10.6 Å². The molecule has 1 aromatic rings. The zero-order valence-corrected chi connectivity index (χ0v) is 14.9. The van der Waals surface area contributed by atoms with Gasteiger partial charge >= 0.3 is 0 Å². The third-order valence-electron chi connectivity index (χ3n) is 2.53. The molecule has 0 aliphatic heterocycles. The number of halogens is 1. The van der Waals surface area contributed by atoms with Gasteiger partial charge in [-0.2, -0.15) is 0 Å². The first-order chi connectivity index (χ1) is 9.10. The fourth-order valence-corrected chi connectivity index (χ4v) is 2.69. The van der Waals surface area contributed by atoms with Gasteiger partial charge < -0.3 is 10.6 Å². The van der Waals surface area contributed by atoms with Crippen molar-refractivity contribution < 1.29 is 8.42 Å². The molecule has 0 atom stereocenters. The van der Waals surface area contributed by atoms with Crippen molar-refractivity contribution in [1.29, 1.82) is 0 Å². The molecule has 0 radical (unpaired) electrons. The van der Waals surface area contributed by atoms with E-state index < -0.39 is 9.84 Å². The van der Waals surface area contributed by atoms with Crippen LogP contribution >= 0.6 is 24.0 Å². The van der Waals surface area contributed by atoms with Gasteiger partial charge in [0.1, 0.15) is 0 Å². The van der Waals surface area contributed by atoms with E-state index in [0.717, 1.165) is 13.0 Å². The number of hydrogen-bond donors (Lipinski definition) is 2. The average molecular weight is 411 g/mol. The van der Waals surface area contributed by atoms with Gasteiger partial charge in [-0.05, 0) is 18.6 Å². The molecule has 0 amide bonds. The van der Waals surface area contributed by atoms with Crippen LogP contribution in [0.25, 0.3) is 0 Å². The highest BCUT2D eigenvalue weighted by Gasteiger charge is 2.13. The van der Waals surface area contributed by atoms with Gasteiger partial charge in [-0.1, -0.05) is 25.1 Å². The number of nitrogens with one attached hydrogen (secondary N) is 2. The molecule has 7 heteroatoms. The molecule has 0 aromatic heterocycles. The molecule has 0 saturated carbocycles. The summed E-state index contributed by atoms with van der Waals surface area (Å²) in [6.45, 7) is 3.20. The molecule has 2 N–H and O–H groups in total. The Morgan fingerprint density at radius 2 is 1.75 bits per heavy atom. The van der Waals surface area contributed by atoms with Crippen LogP contribution in [0.15, 0.2) is 40.2 Å². The second-order valence-electron chi connectivity index (χ2n) is 4.06. The third kappa shape index (κ3) is 6.56. The monoisotopic (exact) mass is 411 g/mol. The minimum absolute atomic E-state index is 0. The molecule has 0 unspecified atom stereocenters. The Balaban J connectivity index is 0.00000361. The van der Waals surface area contributed by atoms with Crippen molar-refractivity contribution in [3.05, 3.63) is 30.3 Å². The van der Waals surface area contributed by atoms with E-state index in [9.17, 15) is 8.42 Å². The van der Waals surface area contributed by atoms with Gasteiger partial charge in [0.05, 0.1) is 10.6 Å². The SMILES string of the molecule is CCCNC(=NC)NCCS(=O)(=O)c1ccccc1.I. The average Bonchev–Trinajstić information content (AvgIpc) is 2.43. The zero-order valence-electron chi connectivity index (χ0n) is 11.8. The van der Waals surface area contributed by atoms with Gasteiger partial charge in [0.15, 0.2) is 15.8 Å². The Labute approximate surface area is 138 Å². The first kappa shape index (κ1) is 19.2. The first-order valence-corrected chi connectivity index (χ1v) is 7.97. The van der Waals surface area contributed by atoms with Crippen molar-refractivity contribution in [2.45, 2.75) is 18.2 Å². The van der Waals surface area contributed by atoms with Crippen molar-refractivity contribution in [2.24, 2.45) is 4.99 Å². The molecule has 0 bridgehead atoms. The van der Waals surface area contributed by atoms with E-state index in [4.69, 9.17) is 0 Å². The number of guanidine groups is 1. The third-order valence-corrected chi connectivity index (χ3v) is 4.26. The molecular formula is C13H22IN3O2S. The van der Waals surface area contributed by atoms with Crippen LogP contribution in [0.2, 0.25) is 0 Å². The van der Waals surface area contributed by atoms with Crippen molar-refractivity contribution in [3.63, 3.8) is 0 Å². The van der Waals surface area contributed by atoms with Crippen molar-refractivity contribution in [2.75, 3.05) is 25.9 Å². The summed E-state index contributed by atoms with van der Waals surface area (Å²) in [6, 6.07) is 8.47. The van der Waals surface area contributed by atoms with Crippen molar-refractivity contribution in [1.82, 2.24) is 10.6 Å². The predicted octanol–water partition coefficient (Wildman–Crippen LogP) is 1.65. The minimum atomic E-state index is -3.23. The molecule has 1 rings (SSSR count). The summed E-state index contributed by atoms with van der Waals surface area (Å²) in [6.07, 6.45) is 0.989. The molecular weight excluding hydrogens is 389 g/mol. The van der Waals surface area contributed by atoms with Gasteiger partial charge in [-0.3, -0.25) is 4.99 Å². The standard InChI is InChI=1S/C13H21N3O2S.HI/c1-3-9-15-13(14-2)16-10-11-19(17,18)12-7-5-4-6-8-12;/h4-8H,3,9-11H2,1-2H3,(H2,14,15,16);1H. The normalized spacial score (nSPS) is 11.6. The van der Waals surface area contributed by atoms with Crippen LogP contribution in [-0.2, 0) is 9.84 Å². The maximum Gasteiger partial charge on any atom is 0.191 e. The van der Waals surface area contributed by atoms with Crippen LogP contribution in [0, 0.1) is 0 Å². The quantitative estimate of drug-likeness (QED) is 0.425. The van der Waals surface area contributed by atoms with Crippen molar-refractivity contribution in [3.8, 4) is 0 Å². The Hall–Kier alpha value is -0.830. The Morgan fingerprint density at radius 3 is 2.30 bits per heavy atom. The lowest BCUT2D eigenvalue weighted by Crippen LogP contribution is -2.39. The molecule has 0 aliphatic carbocycles.